The third-order valence-electron chi connectivity index (χ3n) is 7.90. The zero-order valence-electron chi connectivity index (χ0n) is 28.4. The highest BCUT2D eigenvalue weighted by atomic mass is 14.4. The zero-order valence-corrected chi connectivity index (χ0v) is 20.4. The number of allylic oxidation sites excluding steroid dienone is 9. The summed E-state index contributed by atoms with van der Waals surface area (Å²) < 4.78 is 71.7. The third-order valence-corrected chi connectivity index (χ3v) is 7.90. The lowest BCUT2D eigenvalue weighted by Crippen LogP contribution is -2.22. The van der Waals surface area contributed by atoms with Crippen molar-refractivity contribution < 1.29 is 11.0 Å². The van der Waals surface area contributed by atoms with E-state index in [0.29, 0.717) is 22.3 Å². The van der Waals surface area contributed by atoms with Crippen LogP contribution in [0.4, 0.5) is 0 Å². The second-order valence-electron chi connectivity index (χ2n) is 9.84. The summed E-state index contributed by atoms with van der Waals surface area (Å²) >= 11 is 0. The molecule has 5 aromatic rings. The number of fused-ring (bicyclic) bond motifs is 7. The van der Waals surface area contributed by atoms with Crippen LogP contribution >= 0.6 is 0 Å². The lowest BCUT2D eigenvalue weighted by Gasteiger charge is -2.37. The van der Waals surface area contributed by atoms with Gasteiger partial charge >= 0.3 is 0 Å². The van der Waals surface area contributed by atoms with Gasteiger partial charge in [-0.2, -0.15) is 0 Å². The minimum Gasteiger partial charge on any atom is -0.0760 e. The van der Waals surface area contributed by atoms with Crippen molar-refractivity contribution in [2.45, 2.75) is 5.92 Å². The van der Waals surface area contributed by atoms with Gasteiger partial charge in [0.25, 0.3) is 0 Å². The Labute approximate surface area is 234 Å². The van der Waals surface area contributed by atoms with Gasteiger partial charge in [0, 0.05) is 11.8 Å². The molecule has 38 heavy (non-hydrogen) atoms. The molecule has 3 aliphatic carbocycles. The van der Waals surface area contributed by atoms with Crippen LogP contribution in [0, 0.1) is 5.92 Å². The summed E-state index contributed by atoms with van der Waals surface area (Å²) in [5.74, 6) is -0.0824. The van der Waals surface area contributed by atoms with Crippen molar-refractivity contribution in [3.05, 3.63) is 167 Å². The summed E-state index contributed by atoms with van der Waals surface area (Å²) in [4.78, 5) is 0. The topological polar surface area (TPSA) is 0 Å². The Kier molecular flexibility index (Phi) is 3.31. The maximum atomic E-state index is 9.28. The van der Waals surface area contributed by atoms with E-state index in [0.717, 1.165) is 16.7 Å². The van der Waals surface area contributed by atoms with Crippen molar-refractivity contribution in [3.8, 4) is 11.1 Å². The van der Waals surface area contributed by atoms with Crippen molar-refractivity contribution in [3.63, 3.8) is 0 Å². The van der Waals surface area contributed by atoms with Crippen LogP contribution in [0.5, 0.6) is 0 Å². The Morgan fingerprint density at radius 3 is 2.00 bits per heavy atom. The summed E-state index contributed by atoms with van der Waals surface area (Å²) in [6, 6.07) is 14.8. The Balaban J connectivity index is 1.63. The highest BCUT2D eigenvalue weighted by Crippen LogP contribution is 2.52. The van der Waals surface area contributed by atoms with Gasteiger partial charge in [-0.3, -0.25) is 0 Å². The number of hydrogen-bond donors (Lipinski definition) is 0. The molecule has 0 saturated carbocycles. The average Bonchev–Trinajstić information content (AvgIpc) is 3.09. The number of hydrogen-bond acceptors (Lipinski definition) is 0. The minimum absolute atomic E-state index is 0.0184. The SMILES string of the molecule is [2H]c1c([2H])c([2H])c2c(-c3ccccc3)c3c([2H])c([2H])c([2H])c([2H])c3c(C3=C4C=CC=CC4C4C(=C3)C=Cc3ccccc34)c2c1[2H]. The van der Waals surface area contributed by atoms with E-state index in [1.165, 1.54) is 5.56 Å². The Morgan fingerprint density at radius 1 is 0.605 bits per heavy atom. The molecule has 0 radical (unpaired) electrons. The fraction of sp³-hybridized carbons (Fsp3) is 0.0526. The maximum absolute atomic E-state index is 9.28. The van der Waals surface area contributed by atoms with E-state index in [2.05, 4.69) is 30.4 Å². The van der Waals surface area contributed by atoms with Crippen molar-refractivity contribution in [1.82, 2.24) is 0 Å². The largest absolute Gasteiger partial charge is 0.0760 e. The molecule has 0 heteroatoms. The Bertz CT molecular complexity index is 2260. The number of benzene rings is 5. The molecule has 0 bridgehead atoms. The van der Waals surface area contributed by atoms with Crippen LogP contribution in [0.15, 0.2) is 151 Å². The molecular weight excluding hydrogens is 456 g/mol. The van der Waals surface area contributed by atoms with Gasteiger partial charge in [0.1, 0.15) is 0 Å². The molecule has 0 fully saturated rings. The van der Waals surface area contributed by atoms with Crippen LogP contribution in [-0.4, -0.2) is 0 Å². The summed E-state index contributed by atoms with van der Waals surface area (Å²) in [5.41, 5.74) is 6.32. The summed E-state index contributed by atoms with van der Waals surface area (Å²) in [6.45, 7) is 0. The van der Waals surface area contributed by atoms with Crippen molar-refractivity contribution >= 4 is 33.2 Å². The molecule has 8 rings (SSSR count). The molecule has 3 aliphatic rings. The molecule has 178 valence electrons. The zero-order chi connectivity index (χ0) is 32.0. The van der Waals surface area contributed by atoms with Gasteiger partial charge in [0.15, 0.2) is 0 Å². The highest BCUT2D eigenvalue weighted by Gasteiger charge is 2.35. The normalized spacial score (nSPS) is 22.3. The molecule has 0 saturated heterocycles. The quantitative estimate of drug-likeness (QED) is 0.216. The molecule has 0 aromatic heterocycles. The molecule has 0 aliphatic heterocycles. The van der Waals surface area contributed by atoms with E-state index >= 15 is 0 Å². The van der Waals surface area contributed by atoms with Crippen LogP contribution in [0.2, 0.25) is 0 Å². The first-order valence-corrected chi connectivity index (χ1v) is 12.8. The predicted octanol–water partition coefficient (Wildman–Crippen LogP) is 9.91. The molecule has 0 spiro atoms. The van der Waals surface area contributed by atoms with E-state index in [-0.39, 0.29) is 57.6 Å². The third kappa shape index (κ3) is 3.10. The molecule has 0 amide bonds. The van der Waals surface area contributed by atoms with Gasteiger partial charge in [0.05, 0.1) is 11.0 Å². The first-order valence-electron chi connectivity index (χ1n) is 16.8. The van der Waals surface area contributed by atoms with Gasteiger partial charge < -0.3 is 0 Å². The molecule has 0 heterocycles. The summed E-state index contributed by atoms with van der Waals surface area (Å²) in [7, 11) is 0. The van der Waals surface area contributed by atoms with Gasteiger partial charge in [-0.05, 0) is 66.1 Å². The van der Waals surface area contributed by atoms with Crippen LogP contribution in [-0.2, 0) is 0 Å². The van der Waals surface area contributed by atoms with Crippen molar-refractivity contribution in [2.24, 2.45) is 5.92 Å². The fourth-order valence-electron chi connectivity index (χ4n) is 6.33. The smallest absolute Gasteiger partial charge is 0.0629 e. The van der Waals surface area contributed by atoms with E-state index in [1.807, 2.05) is 54.6 Å². The fourth-order valence-corrected chi connectivity index (χ4v) is 6.33. The minimum atomic E-state index is -0.397. The summed E-state index contributed by atoms with van der Waals surface area (Å²) in [5, 5.41) is 0.939. The molecule has 2 unspecified atom stereocenters. The molecule has 0 N–H and O–H groups in total. The number of rotatable bonds is 2. The van der Waals surface area contributed by atoms with E-state index in [1.54, 1.807) is 12.1 Å². The van der Waals surface area contributed by atoms with Gasteiger partial charge in [-0.1, -0.05) is 145 Å². The average molecular weight is 491 g/mol. The highest BCUT2D eigenvalue weighted by molar-refractivity contribution is 6.20. The first-order chi connectivity index (χ1) is 22.2. The van der Waals surface area contributed by atoms with Crippen LogP contribution < -0.4 is 0 Å². The first kappa shape index (κ1) is 14.9. The summed E-state index contributed by atoms with van der Waals surface area (Å²) in [6.07, 6.45) is 14.3. The lowest BCUT2D eigenvalue weighted by atomic mass is 9.66. The molecule has 0 nitrogen and oxygen atoms in total. The van der Waals surface area contributed by atoms with Crippen LogP contribution in [0.3, 0.4) is 0 Å². The van der Waals surface area contributed by atoms with E-state index in [9.17, 15) is 5.48 Å². The van der Waals surface area contributed by atoms with Gasteiger partial charge in [0.2, 0.25) is 0 Å². The van der Waals surface area contributed by atoms with Crippen molar-refractivity contribution in [1.29, 1.82) is 0 Å². The predicted molar refractivity (Wildman–Crippen MR) is 162 cm³/mol. The molecule has 5 aromatic carbocycles. The van der Waals surface area contributed by atoms with Crippen molar-refractivity contribution in [2.75, 3.05) is 0 Å². The van der Waals surface area contributed by atoms with E-state index in [4.69, 9.17) is 5.48 Å². The lowest BCUT2D eigenvalue weighted by molar-refractivity contribution is 0.648. The Morgan fingerprint density at radius 2 is 1.26 bits per heavy atom. The second kappa shape index (κ2) is 8.43. The van der Waals surface area contributed by atoms with Crippen LogP contribution in [0.1, 0.15) is 33.6 Å². The van der Waals surface area contributed by atoms with Gasteiger partial charge in [-0.25, -0.2) is 0 Å². The standard InChI is InChI=1S/C38H26/c1-2-13-26(14-3-1)36-31-18-8-10-20-33(31)38(34-21-11-9-19-32(34)36)35-24-27-23-22-25-12-4-5-15-28(25)37(27)30-17-7-6-16-29(30)35/h1-24,30,37H/i8D,9D,10D,11D,18D,19D,20D,21D. The van der Waals surface area contributed by atoms with E-state index < -0.39 is 24.2 Å². The molecule has 2 atom stereocenters. The van der Waals surface area contributed by atoms with Gasteiger partial charge in [-0.15, -0.1) is 0 Å². The maximum Gasteiger partial charge on any atom is 0.0629 e. The second-order valence-corrected chi connectivity index (χ2v) is 9.84. The Hall–Kier alpha value is -4.68. The van der Waals surface area contributed by atoms with Crippen LogP contribution in [0.25, 0.3) is 44.3 Å². The molecular formula is C38H26. The monoisotopic (exact) mass is 490 g/mol.